The molecule has 6 nitrogen and oxygen atoms in total. The second kappa shape index (κ2) is 9.49. The lowest BCUT2D eigenvalue weighted by molar-refractivity contribution is -0.137. The van der Waals surface area contributed by atoms with Crippen molar-refractivity contribution in [1.29, 1.82) is 0 Å². The van der Waals surface area contributed by atoms with Crippen LogP contribution in [0.4, 0.5) is 28.9 Å². The van der Waals surface area contributed by atoms with E-state index < -0.39 is 33.5 Å². The summed E-state index contributed by atoms with van der Waals surface area (Å²) in [7, 11) is -2.75. The van der Waals surface area contributed by atoms with Gasteiger partial charge in [0.2, 0.25) is 5.91 Å². The molecule has 0 bridgehead atoms. The van der Waals surface area contributed by atoms with Crippen molar-refractivity contribution >= 4 is 27.3 Å². The van der Waals surface area contributed by atoms with Gasteiger partial charge >= 0.3 is 6.18 Å². The maximum absolute atomic E-state index is 13.1. The van der Waals surface area contributed by atoms with Crippen LogP contribution < -0.4 is 14.8 Å². The Morgan fingerprint density at radius 2 is 1.61 bits per heavy atom. The number of hydrogen-bond acceptors (Lipinski definition) is 4. The van der Waals surface area contributed by atoms with Gasteiger partial charge in [-0.2, -0.15) is 13.2 Å². The molecular formula is C22H18F4N2O4S. The van der Waals surface area contributed by atoms with Crippen molar-refractivity contribution in [1.82, 2.24) is 0 Å². The molecule has 0 radical (unpaired) electrons. The predicted octanol–water partition coefficient (Wildman–Crippen LogP) is 4.84. The van der Waals surface area contributed by atoms with Crippen molar-refractivity contribution in [2.45, 2.75) is 17.5 Å². The average molecular weight is 482 g/mol. The number of amides is 1. The molecule has 33 heavy (non-hydrogen) atoms. The van der Waals surface area contributed by atoms with Crippen LogP contribution in [0.2, 0.25) is 0 Å². The highest BCUT2D eigenvalue weighted by Crippen LogP contribution is 2.31. The summed E-state index contributed by atoms with van der Waals surface area (Å²) < 4.78 is 83.7. The smallest absolute Gasteiger partial charge is 0.416 e. The Hall–Kier alpha value is -3.60. The van der Waals surface area contributed by atoms with Gasteiger partial charge in [-0.1, -0.05) is 12.1 Å². The number of hydrogen-bond donors (Lipinski definition) is 2. The van der Waals surface area contributed by atoms with E-state index >= 15 is 0 Å². The number of rotatable bonds is 7. The lowest BCUT2D eigenvalue weighted by Crippen LogP contribution is -2.16. The Kier molecular flexibility index (Phi) is 6.92. The first-order valence-corrected chi connectivity index (χ1v) is 10.9. The Morgan fingerprint density at radius 1 is 0.970 bits per heavy atom. The monoisotopic (exact) mass is 482 g/mol. The van der Waals surface area contributed by atoms with Gasteiger partial charge in [0.1, 0.15) is 11.6 Å². The first-order valence-electron chi connectivity index (χ1n) is 9.40. The minimum Gasteiger partial charge on any atom is -0.495 e. The largest absolute Gasteiger partial charge is 0.495 e. The summed E-state index contributed by atoms with van der Waals surface area (Å²) in [6.07, 6.45) is -4.66. The SMILES string of the molecule is COc1ccc(NC(=O)Cc2ccc(C(F)(F)F)cc2)cc1NS(=O)(=O)c1ccc(F)cc1. The van der Waals surface area contributed by atoms with E-state index in [1.54, 1.807) is 0 Å². The summed E-state index contributed by atoms with van der Waals surface area (Å²) in [6.45, 7) is 0. The van der Waals surface area contributed by atoms with Crippen molar-refractivity contribution < 1.29 is 35.5 Å². The number of halogens is 4. The molecule has 174 valence electrons. The van der Waals surface area contributed by atoms with Crippen LogP contribution in [0.5, 0.6) is 5.75 Å². The zero-order valence-electron chi connectivity index (χ0n) is 17.1. The molecule has 0 unspecified atom stereocenters. The number of carbonyl (C=O) groups is 1. The van der Waals surface area contributed by atoms with Crippen LogP contribution in [0.25, 0.3) is 0 Å². The van der Waals surface area contributed by atoms with Crippen molar-refractivity contribution in [3.8, 4) is 5.75 Å². The molecule has 0 aromatic heterocycles. The van der Waals surface area contributed by atoms with Crippen molar-refractivity contribution in [2.75, 3.05) is 17.1 Å². The Labute approximate surface area is 187 Å². The summed E-state index contributed by atoms with van der Waals surface area (Å²) in [4.78, 5) is 12.2. The Morgan fingerprint density at radius 3 is 2.18 bits per heavy atom. The predicted molar refractivity (Wildman–Crippen MR) is 114 cm³/mol. The fraction of sp³-hybridized carbons (Fsp3) is 0.136. The number of nitrogens with one attached hydrogen (secondary N) is 2. The summed E-state index contributed by atoms with van der Waals surface area (Å²) >= 11 is 0. The van der Waals surface area contributed by atoms with E-state index in [1.807, 2.05) is 0 Å². The summed E-state index contributed by atoms with van der Waals surface area (Å²) in [5.74, 6) is -0.946. The van der Waals surface area contributed by atoms with Crippen molar-refractivity contribution in [3.63, 3.8) is 0 Å². The van der Waals surface area contributed by atoms with Gasteiger partial charge in [0, 0.05) is 5.69 Å². The van der Waals surface area contributed by atoms with Gasteiger partial charge < -0.3 is 10.1 Å². The quantitative estimate of drug-likeness (QED) is 0.473. The molecule has 0 atom stereocenters. The Balaban J connectivity index is 1.75. The maximum Gasteiger partial charge on any atom is 0.416 e. The molecule has 0 spiro atoms. The van der Waals surface area contributed by atoms with Gasteiger partial charge in [0.25, 0.3) is 10.0 Å². The minimum absolute atomic E-state index is 0.0224. The van der Waals surface area contributed by atoms with E-state index in [-0.39, 0.29) is 28.4 Å². The third-order valence-electron chi connectivity index (χ3n) is 4.50. The number of alkyl halides is 3. The first-order chi connectivity index (χ1) is 15.5. The van der Waals surface area contributed by atoms with Crippen LogP contribution in [0.3, 0.4) is 0 Å². The standard InChI is InChI=1S/C22H18F4N2O4S/c1-32-20-11-8-17(13-19(20)28-33(30,31)18-9-6-16(23)7-10-18)27-21(29)12-14-2-4-15(5-3-14)22(24,25)26/h2-11,13,28H,12H2,1H3,(H,27,29). The maximum atomic E-state index is 13.1. The van der Waals surface area contributed by atoms with E-state index in [0.717, 1.165) is 36.4 Å². The molecule has 2 N–H and O–H groups in total. The van der Waals surface area contributed by atoms with E-state index in [9.17, 15) is 30.8 Å². The molecule has 3 rings (SSSR count). The minimum atomic E-state index is -4.47. The number of sulfonamides is 1. The number of benzene rings is 3. The fourth-order valence-corrected chi connectivity index (χ4v) is 3.95. The van der Waals surface area contributed by atoms with Gasteiger partial charge in [0.15, 0.2) is 0 Å². The second-order valence-electron chi connectivity index (χ2n) is 6.89. The zero-order chi connectivity index (χ0) is 24.2. The lowest BCUT2D eigenvalue weighted by atomic mass is 10.1. The molecule has 1 amide bonds. The summed E-state index contributed by atoms with van der Waals surface area (Å²) in [5.41, 5.74) is -0.204. The highest BCUT2D eigenvalue weighted by molar-refractivity contribution is 7.92. The highest BCUT2D eigenvalue weighted by atomic mass is 32.2. The van der Waals surface area contributed by atoms with E-state index in [2.05, 4.69) is 10.0 Å². The molecule has 0 saturated carbocycles. The average Bonchev–Trinajstić information content (AvgIpc) is 2.73. The van der Waals surface area contributed by atoms with E-state index in [4.69, 9.17) is 4.74 Å². The molecule has 0 heterocycles. The Bertz CT molecular complexity index is 1240. The molecule has 11 heteroatoms. The van der Waals surface area contributed by atoms with Crippen LogP contribution in [-0.4, -0.2) is 21.4 Å². The van der Waals surface area contributed by atoms with Crippen LogP contribution in [0.1, 0.15) is 11.1 Å². The summed E-state index contributed by atoms with van der Waals surface area (Å²) in [6, 6.07) is 12.6. The number of methoxy groups -OCH3 is 1. The van der Waals surface area contributed by atoms with E-state index in [1.165, 1.54) is 37.4 Å². The van der Waals surface area contributed by atoms with Gasteiger partial charge in [-0.3, -0.25) is 9.52 Å². The third-order valence-corrected chi connectivity index (χ3v) is 5.88. The van der Waals surface area contributed by atoms with Crippen molar-refractivity contribution in [3.05, 3.63) is 83.7 Å². The van der Waals surface area contributed by atoms with Crippen LogP contribution in [0.15, 0.2) is 71.6 Å². The van der Waals surface area contributed by atoms with Gasteiger partial charge in [0.05, 0.1) is 29.7 Å². The molecule has 0 fully saturated rings. The van der Waals surface area contributed by atoms with E-state index in [0.29, 0.717) is 5.56 Å². The summed E-state index contributed by atoms with van der Waals surface area (Å²) in [5, 5.41) is 2.56. The van der Waals surface area contributed by atoms with Crippen LogP contribution >= 0.6 is 0 Å². The lowest BCUT2D eigenvalue weighted by Gasteiger charge is -2.14. The van der Waals surface area contributed by atoms with Gasteiger partial charge in [-0.15, -0.1) is 0 Å². The third kappa shape index (κ3) is 6.22. The molecule has 3 aromatic rings. The molecule has 0 aliphatic heterocycles. The van der Waals surface area contributed by atoms with Crippen molar-refractivity contribution in [2.24, 2.45) is 0 Å². The van der Waals surface area contributed by atoms with Gasteiger partial charge in [-0.25, -0.2) is 12.8 Å². The number of anilines is 2. The molecule has 3 aromatic carbocycles. The number of ether oxygens (including phenoxy) is 1. The molecule has 0 aliphatic carbocycles. The normalized spacial score (nSPS) is 11.7. The topological polar surface area (TPSA) is 84.5 Å². The zero-order valence-corrected chi connectivity index (χ0v) is 17.9. The first kappa shape index (κ1) is 24.1. The highest BCUT2D eigenvalue weighted by Gasteiger charge is 2.30. The molecule has 0 saturated heterocycles. The second-order valence-corrected chi connectivity index (χ2v) is 8.58. The fourth-order valence-electron chi connectivity index (χ4n) is 2.89. The molecule has 0 aliphatic rings. The van der Waals surface area contributed by atoms with Gasteiger partial charge in [-0.05, 0) is 60.2 Å². The number of carbonyl (C=O) groups excluding carboxylic acids is 1. The van der Waals surface area contributed by atoms with Crippen LogP contribution in [0, 0.1) is 5.82 Å². The van der Waals surface area contributed by atoms with Crippen LogP contribution in [-0.2, 0) is 27.4 Å². The molecular weight excluding hydrogens is 464 g/mol.